The molecule has 1 unspecified atom stereocenters. The van der Waals surface area contributed by atoms with Crippen molar-refractivity contribution in [2.24, 2.45) is 0 Å². The molecule has 0 saturated carbocycles. The molecule has 0 radical (unpaired) electrons. The van der Waals surface area contributed by atoms with Gasteiger partial charge in [0, 0.05) is 6.42 Å². The lowest BCUT2D eigenvalue weighted by atomic mass is 9.97. The molecule has 0 spiro atoms. The van der Waals surface area contributed by atoms with E-state index in [1.165, 1.54) is 104 Å². The predicted molar refractivity (Wildman–Crippen MR) is 126 cm³/mol. The molecule has 0 heterocycles. The lowest BCUT2D eigenvalue weighted by Crippen LogP contribution is -2.32. The van der Waals surface area contributed by atoms with Crippen molar-refractivity contribution in [3.8, 4) is 0 Å². The summed E-state index contributed by atoms with van der Waals surface area (Å²) >= 11 is 0. The smallest absolute Gasteiger partial charge is 0.218 e. The van der Waals surface area contributed by atoms with Gasteiger partial charge in [-0.2, -0.15) is 0 Å². The van der Waals surface area contributed by atoms with E-state index < -0.39 is 22.1 Å². The largest absolute Gasteiger partial charge is 0.726 e. The predicted octanol–water partition coefficient (Wildman–Crippen LogP) is 7.02. The lowest BCUT2D eigenvalue weighted by Gasteiger charge is -2.28. The van der Waals surface area contributed by atoms with E-state index in [0.717, 1.165) is 12.8 Å². The standard InChI is InChI=1S/C23H48O5S.H3N/c1-4-5-6-7-8-9-10-11-12-13-14-15-16-17-18-19-20-22(24)21-23(2,3)28-29(25,26)27;/h22,24H,4-21H2,1-3H3,(H,25,26,27);1H3. The van der Waals surface area contributed by atoms with Crippen LogP contribution in [0, 0.1) is 0 Å². The molecular weight excluding hydrogens is 402 g/mol. The molecule has 0 fully saturated rings. The van der Waals surface area contributed by atoms with Gasteiger partial charge in [0.15, 0.2) is 0 Å². The van der Waals surface area contributed by atoms with Crippen molar-refractivity contribution < 1.29 is 22.3 Å². The summed E-state index contributed by atoms with van der Waals surface area (Å²) in [5.74, 6) is 0. The molecule has 0 aromatic rings. The SMILES string of the molecule is CCCCCCCCCCCCCCCCCCC(O)CC(C)(C)OS(=O)(=O)[O-].[NH4+]. The summed E-state index contributed by atoms with van der Waals surface area (Å²) in [5, 5.41) is 10.0. The Labute approximate surface area is 187 Å². The first-order valence-electron chi connectivity index (χ1n) is 12.0. The minimum absolute atomic E-state index is 0. The van der Waals surface area contributed by atoms with Gasteiger partial charge in [0.25, 0.3) is 0 Å². The molecule has 5 N–H and O–H groups in total. The van der Waals surface area contributed by atoms with Crippen LogP contribution in [0.5, 0.6) is 0 Å². The van der Waals surface area contributed by atoms with Gasteiger partial charge in [-0.15, -0.1) is 0 Å². The van der Waals surface area contributed by atoms with Gasteiger partial charge in [0.05, 0.1) is 11.7 Å². The van der Waals surface area contributed by atoms with Crippen LogP contribution in [0.4, 0.5) is 0 Å². The summed E-state index contributed by atoms with van der Waals surface area (Å²) in [6, 6.07) is 0. The van der Waals surface area contributed by atoms with Gasteiger partial charge in [-0.1, -0.05) is 110 Å². The second kappa shape index (κ2) is 19.5. The maximum absolute atomic E-state index is 10.7. The lowest BCUT2D eigenvalue weighted by molar-refractivity contribution is 0.0300. The third-order valence-corrected chi connectivity index (χ3v) is 6.10. The molecule has 0 amide bonds. The van der Waals surface area contributed by atoms with Gasteiger partial charge in [-0.3, -0.25) is 4.18 Å². The van der Waals surface area contributed by atoms with Crippen LogP contribution in [0.2, 0.25) is 0 Å². The van der Waals surface area contributed by atoms with Gasteiger partial charge in [0.2, 0.25) is 10.4 Å². The van der Waals surface area contributed by atoms with Crippen molar-refractivity contribution in [3.63, 3.8) is 0 Å². The Hall–Kier alpha value is -0.210. The summed E-state index contributed by atoms with van der Waals surface area (Å²) in [4.78, 5) is 0. The second-order valence-electron chi connectivity index (χ2n) is 9.20. The van der Waals surface area contributed by atoms with Gasteiger partial charge in [-0.25, -0.2) is 8.42 Å². The zero-order chi connectivity index (χ0) is 22.0. The summed E-state index contributed by atoms with van der Waals surface area (Å²) in [7, 11) is -4.74. The van der Waals surface area contributed by atoms with Crippen LogP contribution in [0.3, 0.4) is 0 Å². The topological polar surface area (TPSA) is 123 Å². The first-order valence-corrected chi connectivity index (χ1v) is 13.3. The number of aliphatic hydroxyl groups is 1. The minimum atomic E-state index is -4.74. The fraction of sp³-hybridized carbons (Fsp3) is 1.00. The Morgan fingerprint density at radius 1 is 0.767 bits per heavy atom. The van der Waals surface area contributed by atoms with E-state index in [-0.39, 0.29) is 12.6 Å². The molecule has 0 aliphatic heterocycles. The van der Waals surface area contributed by atoms with Crippen molar-refractivity contribution in [2.75, 3.05) is 0 Å². The van der Waals surface area contributed by atoms with Crippen LogP contribution < -0.4 is 6.15 Å². The quantitative estimate of drug-likeness (QED) is 0.110. The molecule has 0 aromatic heterocycles. The van der Waals surface area contributed by atoms with Crippen LogP contribution in [0.25, 0.3) is 0 Å². The molecular formula is C23H51NO5S. The van der Waals surface area contributed by atoms with Crippen molar-refractivity contribution in [1.29, 1.82) is 0 Å². The first kappa shape index (κ1) is 32.0. The second-order valence-corrected chi connectivity index (χ2v) is 10.2. The highest BCUT2D eigenvalue weighted by atomic mass is 32.3. The zero-order valence-corrected chi connectivity index (χ0v) is 21.1. The van der Waals surface area contributed by atoms with Crippen molar-refractivity contribution in [1.82, 2.24) is 6.15 Å². The normalized spacial score (nSPS) is 13.2. The summed E-state index contributed by atoms with van der Waals surface area (Å²) in [6.45, 7) is 5.29. The molecule has 6 nitrogen and oxygen atoms in total. The van der Waals surface area contributed by atoms with E-state index >= 15 is 0 Å². The van der Waals surface area contributed by atoms with E-state index in [1.807, 2.05) is 0 Å². The highest BCUT2D eigenvalue weighted by molar-refractivity contribution is 7.80. The molecule has 184 valence electrons. The number of hydrogen-bond acceptors (Lipinski definition) is 5. The van der Waals surface area contributed by atoms with Crippen molar-refractivity contribution >= 4 is 10.4 Å². The van der Waals surface area contributed by atoms with Crippen molar-refractivity contribution in [3.05, 3.63) is 0 Å². The Kier molecular flexibility index (Phi) is 20.8. The fourth-order valence-corrected chi connectivity index (χ4v) is 4.53. The summed E-state index contributed by atoms with van der Waals surface area (Å²) in [5.41, 5.74) is -1.16. The molecule has 0 aliphatic rings. The van der Waals surface area contributed by atoms with Crippen LogP contribution in [-0.4, -0.2) is 29.8 Å². The highest BCUT2D eigenvalue weighted by Gasteiger charge is 2.25. The first-order chi connectivity index (χ1) is 13.7. The molecule has 0 aliphatic carbocycles. The number of aliphatic hydroxyl groups excluding tert-OH is 1. The van der Waals surface area contributed by atoms with Crippen LogP contribution in [0.1, 0.15) is 136 Å². The summed E-state index contributed by atoms with van der Waals surface area (Å²) in [6.07, 6.45) is 21.0. The Bertz CT molecular complexity index is 468. The average molecular weight is 454 g/mol. The fourth-order valence-electron chi connectivity index (χ4n) is 3.91. The minimum Gasteiger partial charge on any atom is -0.726 e. The van der Waals surface area contributed by atoms with Gasteiger partial charge < -0.3 is 15.8 Å². The van der Waals surface area contributed by atoms with Gasteiger partial charge in [-0.05, 0) is 20.3 Å². The number of rotatable bonds is 21. The molecule has 0 rings (SSSR count). The van der Waals surface area contributed by atoms with Crippen LogP contribution >= 0.6 is 0 Å². The van der Waals surface area contributed by atoms with E-state index in [2.05, 4.69) is 11.1 Å². The maximum Gasteiger partial charge on any atom is 0.218 e. The molecule has 30 heavy (non-hydrogen) atoms. The van der Waals surface area contributed by atoms with Crippen LogP contribution in [0.15, 0.2) is 0 Å². The Balaban J connectivity index is 0. The van der Waals surface area contributed by atoms with E-state index in [4.69, 9.17) is 0 Å². The zero-order valence-electron chi connectivity index (χ0n) is 20.3. The maximum atomic E-state index is 10.7. The average Bonchev–Trinajstić information content (AvgIpc) is 2.58. The number of unbranched alkanes of at least 4 members (excludes halogenated alkanes) is 15. The van der Waals surface area contributed by atoms with Crippen LogP contribution in [-0.2, 0) is 14.6 Å². The molecule has 0 bridgehead atoms. The third-order valence-electron chi connectivity index (χ3n) is 5.45. The monoisotopic (exact) mass is 453 g/mol. The molecule has 0 aromatic carbocycles. The molecule has 7 heteroatoms. The summed E-state index contributed by atoms with van der Waals surface area (Å²) < 4.78 is 36.5. The highest BCUT2D eigenvalue weighted by Crippen LogP contribution is 2.22. The number of hydrogen-bond donors (Lipinski definition) is 2. The van der Waals surface area contributed by atoms with Gasteiger partial charge >= 0.3 is 0 Å². The molecule has 0 saturated heterocycles. The van der Waals surface area contributed by atoms with Gasteiger partial charge in [0.1, 0.15) is 0 Å². The van der Waals surface area contributed by atoms with E-state index in [1.54, 1.807) is 0 Å². The Morgan fingerprint density at radius 2 is 1.10 bits per heavy atom. The van der Waals surface area contributed by atoms with E-state index in [9.17, 15) is 18.1 Å². The Morgan fingerprint density at radius 3 is 1.43 bits per heavy atom. The van der Waals surface area contributed by atoms with E-state index in [0.29, 0.717) is 6.42 Å². The number of quaternary nitrogens is 1. The third kappa shape index (κ3) is 24.1. The molecule has 1 atom stereocenters. The van der Waals surface area contributed by atoms with Crippen molar-refractivity contribution in [2.45, 2.75) is 148 Å².